The first-order chi connectivity index (χ1) is 15.1. The zero-order valence-electron chi connectivity index (χ0n) is 17.9. The molecule has 4 rings (SSSR count). The zero-order chi connectivity index (χ0) is 24.8. The van der Waals surface area contributed by atoms with Crippen molar-refractivity contribution in [2.45, 2.75) is 69.7 Å². The number of esters is 2. The molecule has 0 spiro atoms. The second kappa shape index (κ2) is 8.75. The largest absolute Gasteiger partial charge is 0.464 e. The Morgan fingerprint density at radius 1 is 1.06 bits per heavy atom. The van der Waals surface area contributed by atoms with E-state index in [2.05, 4.69) is 11.3 Å². The first kappa shape index (κ1) is 25.8. The highest BCUT2D eigenvalue weighted by Crippen LogP contribution is 2.63. The Balaban J connectivity index is 1.69. The maximum atomic E-state index is 12.8. The number of alkyl halides is 6. The van der Waals surface area contributed by atoms with Crippen LogP contribution in [0.2, 0.25) is 0 Å². The number of rotatable bonds is 8. The molecule has 3 unspecified atom stereocenters. The van der Waals surface area contributed by atoms with E-state index in [1.165, 1.54) is 6.92 Å². The van der Waals surface area contributed by atoms with Gasteiger partial charge in [0.2, 0.25) is 0 Å². The van der Waals surface area contributed by atoms with Gasteiger partial charge in [-0.2, -0.15) is 26.3 Å². The summed E-state index contributed by atoms with van der Waals surface area (Å²) in [5.74, 6) is -5.84. The SMILES string of the molecule is C=C(C)C(O)OCC(=O)OC12CC3CC(C1)CC(C(=O)OCC(C(F)(F)F)C(F)(F)F)(C3)C2. The van der Waals surface area contributed by atoms with Crippen molar-refractivity contribution in [2.24, 2.45) is 23.2 Å². The van der Waals surface area contributed by atoms with Crippen molar-refractivity contribution in [2.75, 3.05) is 13.2 Å². The number of carbonyl (C=O) groups excluding carboxylic acids is 2. The molecule has 1 N–H and O–H groups in total. The first-order valence-corrected chi connectivity index (χ1v) is 10.5. The van der Waals surface area contributed by atoms with E-state index in [0.29, 0.717) is 12.8 Å². The Labute approximate surface area is 186 Å². The molecule has 0 radical (unpaired) electrons. The summed E-state index contributed by atoms with van der Waals surface area (Å²) < 4.78 is 92.0. The van der Waals surface area contributed by atoms with Crippen LogP contribution in [0.25, 0.3) is 0 Å². The van der Waals surface area contributed by atoms with Crippen molar-refractivity contribution in [1.29, 1.82) is 0 Å². The summed E-state index contributed by atoms with van der Waals surface area (Å²) in [5.41, 5.74) is -2.11. The molecule has 0 aromatic carbocycles. The maximum absolute atomic E-state index is 12.8. The van der Waals surface area contributed by atoms with E-state index in [1.54, 1.807) is 0 Å². The van der Waals surface area contributed by atoms with E-state index < -0.39 is 60.7 Å². The monoisotopic (exact) mass is 488 g/mol. The Hall–Kier alpha value is -1.82. The molecule has 0 aromatic heterocycles. The third-order valence-corrected chi connectivity index (χ3v) is 6.72. The first-order valence-electron chi connectivity index (χ1n) is 10.5. The Bertz CT molecular complexity index is 763. The van der Waals surface area contributed by atoms with Gasteiger partial charge in [-0.1, -0.05) is 6.58 Å². The molecule has 12 heteroatoms. The number of aliphatic hydroxyl groups excluding tert-OH is 1. The Kier molecular flexibility index (Phi) is 6.84. The maximum Gasteiger partial charge on any atom is 0.403 e. The average Bonchev–Trinajstić information content (AvgIpc) is 2.62. The van der Waals surface area contributed by atoms with Crippen LogP contribution in [-0.2, 0) is 23.8 Å². The van der Waals surface area contributed by atoms with E-state index in [1.807, 2.05) is 0 Å². The fourth-order valence-electron chi connectivity index (χ4n) is 5.78. The molecule has 3 atom stereocenters. The van der Waals surface area contributed by atoms with E-state index >= 15 is 0 Å². The van der Waals surface area contributed by atoms with Crippen LogP contribution in [0.4, 0.5) is 26.3 Å². The smallest absolute Gasteiger partial charge is 0.403 e. The lowest BCUT2D eigenvalue weighted by atomic mass is 9.48. The quantitative estimate of drug-likeness (QED) is 0.240. The van der Waals surface area contributed by atoms with Crippen molar-refractivity contribution in [3.05, 3.63) is 12.2 Å². The highest BCUT2D eigenvalue weighted by atomic mass is 19.4. The van der Waals surface area contributed by atoms with Crippen molar-refractivity contribution < 1.29 is 55.2 Å². The summed E-state index contributed by atoms with van der Waals surface area (Å²) in [7, 11) is 0. The molecule has 33 heavy (non-hydrogen) atoms. The lowest BCUT2D eigenvalue weighted by molar-refractivity contribution is -0.294. The van der Waals surface area contributed by atoms with Gasteiger partial charge >= 0.3 is 24.3 Å². The zero-order valence-corrected chi connectivity index (χ0v) is 17.9. The van der Waals surface area contributed by atoms with E-state index in [9.17, 15) is 41.0 Å². The summed E-state index contributed by atoms with van der Waals surface area (Å²) in [6.45, 7) is 2.55. The van der Waals surface area contributed by atoms with Crippen LogP contribution < -0.4 is 0 Å². The van der Waals surface area contributed by atoms with Gasteiger partial charge in [-0.3, -0.25) is 4.79 Å². The van der Waals surface area contributed by atoms with Crippen LogP contribution in [-0.4, -0.2) is 54.5 Å². The number of hydrogen-bond donors (Lipinski definition) is 1. The Morgan fingerprint density at radius 3 is 2.09 bits per heavy atom. The van der Waals surface area contributed by atoms with Crippen LogP contribution in [0.1, 0.15) is 45.4 Å². The van der Waals surface area contributed by atoms with Gasteiger partial charge in [0.05, 0.1) is 5.41 Å². The molecule has 4 saturated carbocycles. The second-order valence-corrected chi connectivity index (χ2v) is 9.64. The Morgan fingerprint density at radius 2 is 1.61 bits per heavy atom. The second-order valence-electron chi connectivity index (χ2n) is 9.64. The summed E-state index contributed by atoms with van der Waals surface area (Å²) in [6.07, 6.45) is -10.5. The van der Waals surface area contributed by atoms with E-state index in [0.717, 1.165) is 6.42 Å². The number of aliphatic hydroxyl groups is 1. The molecule has 0 heterocycles. The van der Waals surface area contributed by atoms with Crippen molar-refractivity contribution in [3.63, 3.8) is 0 Å². The van der Waals surface area contributed by atoms with Gasteiger partial charge in [0.1, 0.15) is 18.8 Å². The van der Waals surface area contributed by atoms with Crippen LogP contribution in [0, 0.1) is 23.2 Å². The normalized spacial score (nSPS) is 32.0. The van der Waals surface area contributed by atoms with Gasteiger partial charge in [-0.15, -0.1) is 0 Å². The number of ether oxygens (including phenoxy) is 3. The fourth-order valence-corrected chi connectivity index (χ4v) is 5.78. The highest BCUT2D eigenvalue weighted by molar-refractivity contribution is 5.78. The number of hydrogen-bond acceptors (Lipinski definition) is 6. The molecular formula is C21H26F6O6. The molecule has 4 bridgehead atoms. The van der Waals surface area contributed by atoms with Gasteiger partial charge < -0.3 is 19.3 Å². The predicted molar refractivity (Wildman–Crippen MR) is 99.3 cm³/mol. The molecule has 4 aliphatic carbocycles. The predicted octanol–water partition coefficient (Wildman–Crippen LogP) is 4.06. The highest BCUT2D eigenvalue weighted by Gasteiger charge is 2.64. The molecule has 0 aromatic rings. The van der Waals surface area contributed by atoms with E-state index in [4.69, 9.17) is 9.47 Å². The molecule has 4 fully saturated rings. The summed E-state index contributed by atoms with van der Waals surface area (Å²) in [6, 6.07) is 0. The summed E-state index contributed by atoms with van der Waals surface area (Å²) in [5, 5.41) is 9.59. The molecule has 0 aliphatic heterocycles. The fraction of sp³-hybridized carbons (Fsp3) is 0.810. The summed E-state index contributed by atoms with van der Waals surface area (Å²) in [4.78, 5) is 25.1. The minimum Gasteiger partial charge on any atom is -0.464 e. The third kappa shape index (κ3) is 5.64. The van der Waals surface area contributed by atoms with Crippen LogP contribution >= 0.6 is 0 Å². The van der Waals surface area contributed by atoms with Crippen LogP contribution in [0.5, 0.6) is 0 Å². The van der Waals surface area contributed by atoms with Gasteiger partial charge in [-0.25, -0.2) is 4.79 Å². The van der Waals surface area contributed by atoms with Gasteiger partial charge in [-0.05, 0) is 56.4 Å². The molecule has 6 nitrogen and oxygen atoms in total. The minimum absolute atomic E-state index is 0.0384. The van der Waals surface area contributed by atoms with Gasteiger partial charge in [0.25, 0.3) is 0 Å². The summed E-state index contributed by atoms with van der Waals surface area (Å²) >= 11 is 0. The molecule has 188 valence electrons. The van der Waals surface area contributed by atoms with Gasteiger partial charge in [0, 0.05) is 6.42 Å². The lowest BCUT2D eigenvalue weighted by Gasteiger charge is -2.59. The van der Waals surface area contributed by atoms with Crippen molar-refractivity contribution in [3.8, 4) is 0 Å². The van der Waals surface area contributed by atoms with Crippen LogP contribution in [0.15, 0.2) is 12.2 Å². The molecule has 0 amide bonds. The molecule has 0 saturated heterocycles. The van der Waals surface area contributed by atoms with Crippen molar-refractivity contribution in [1.82, 2.24) is 0 Å². The lowest BCUT2D eigenvalue weighted by Crippen LogP contribution is -2.60. The van der Waals surface area contributed by atoms with Gasteiger partial charge in [0.15, 0.2) is 12.2 Å². The molecule has 4 aliphatic rings. The number of halogens is 6. The molecular weight excluding hydrogens is 462 g/mol. The van der Waals surface area contributed by atoms with Crippen molar-refractivity contribution >= 4 is 11.9 Å². The third-order valence-electron chi connectivity index (χ3n) is 6.72. The minimum atomic E-state index is -5.61. The van der Waals surface area contributed by atoms with E-state index in [-0.39, 0.29) is 36.7 Å². The number of carbonyl (C=O) groups is 2. The average molecular weight is 488 g/mol. The topological polar surface area (TPSA) is 82.1 Å². The van der Waals surface area contributed by atoms with Crippen LogP contribution in [0.3, 0.4) is 0 Å². The standard InChI is InChI=1S/C21H26F6O6/c1-11(2)16(29)31-9-15(28)33-19-6-12-3-13(7-19)5-18(4-12,10-19)17(30)32-8-14(20(22,23)24)21(25,26)27/h12-14,16,29H,1,3-10H2,2H3.